The number of aromatic carboxylic acids is 1. The molecule has 1 heterocycles. The molecule has 0 radical (unpaired) electrons. The number of rotatable bonds is 5. The first-order valence-electron chi connectivity index (χ1n) is 8.74. The van der Waals surface area contributed by atoms with E-state index < -0.39 is 51.9 Å². The Morgan fingerprint density at radius 2 is 1.74 bits per heavy atom. The zero-order valence-electron chi connectivity index (χ0n) is 16.1. The van der Waals surface area contributed by atoms with Gasteiger partial charge in [0.1, 0.15) is 16.3 Å². The van der Waals surface area contributed by atoms with Crippen molar-refractivity contribution in [1.29, 1.82) is 0 Å². The molecule has 2 aromatic carbocycles. The Balaban J connectivity index is 2.04. The number of anilines is 1. The van der Waals surface area contributed by atoms with Crippen molar-refractivity contribution >= 4 is 28.2 Å². The minimum Gasteiger partial charge on any atom is -0.507 e. The van der Waals surface area contributed by atoms with Gasteiger partial charge in [-0.2, -0.15) is 0 Å². The summed E-state index contributed by atoms with van der Waals surface area (Å²) in [6.07, 6.45) is 0. The Labute approximate surface area is 177 Å². The number of hydrogen-bond acceptors (Lipinski definition) is 4. The number of amides is 1. The van der Waals surface area contributed by atoms with Crippen LogP contribution in [0.4, 0.5) is 22.6 Å². The van der Waals surface area contributed by atoms with Gasteiger partial charge in [-0.1, -0.05) is 12.1 Å². The lowest BCUT2D eigenvalue weighted by Gasteiger charge is -2.13. The average Bonchev–Trinajstić information content (AvgIpc) is 3.09. The predicted molar refractivity (Wildman–Crippen MR) is 107 cm³/mol. The SMILES string of the molecule is Cc1ccc(-c2csc(NC(=O)c3cc(C(C)(F)F)ccc3O)c2C(=O)O)c(F)c1F. The van der Waals surface area contributed by atoms with Crippen LogP contribution in [0.3, 0.4) is 0 Å². The standard InChI is InChI=1S/C21H15F4NO4S/c1-9-3-5-11(17(23)16(9)22)13-8-31-19(15(13)20(29)30)26-18(28)12-7-10(21(2,24)25)4-6-14(12)27/h3-8,27H,1-2H3,(H,26,28)(H,29,30). The van der Waals surface area contributed by atoms with Crippen molar-refractivity contribution in [1.82, 2.24) is 0 Å². The highest BCUT2D eigenvalue weighted by Gasteiger charge is 2.28. The van der Waals surface area contributed by atoms with E-state index in [4.69, 9.17) is 0 Å². The van der Waals surface area contributed by atoms with Crippen molar-refractivity contribution in [3.05, 3.63) is 69.6 Å². The van der Waals surface area contributed by atoms with E-state index in [1.807, 2.05) is 0 Å². The molecule has 0 spiro atoms. The van der Waals surface area contributed by atoms with Crippen LogP contribution in [0, 0.1) is 18.6 Å². The average molecular weight is 453 g/mol. The second kappa shape index (κ2) is 8.03. The number of halogens is 4. The van der Waals surface area contributed by atoms with Crippen LogP contribution >= 0.6 is 11.3 Å². The molecular formula is C21H15F4NO4S. The molecule has 10 heteroatoms. The number of carbonyl (C=O) groups is 2. The number of thiophene rings is 1. The summed E-state index contributed by atoms with van der Waals surface area (Å²) in [5.41, 5.74) is -1.98. The Bertz CT molecular complexity index is 1200. The fourth-order valence-electron chi connectivity index (χ4n) is 2.88. The number of phenolic OH excluding ortho intramolecular Hbond substituents is 1. The molecule has 0 bridgehead atoms. The number of hydrogen-bond donors (Lipinski definition) is 3. The number of carboxylic acid groups (broad SMARTS) is 1. The van der Waals surface area contributed by atoms with Gasteiger partial charge in [0.25, 0.3) is 11.8 Å². The number of aryl methyl sites for hydroxylation is 1. The van der Waals surface area contributed by atoms with E-state index in [9.17, 15) is 37.4 Å². The third-order valence-electron chi connectivity index (χ3n) is 4.55. The molecule has 0 fully saturated rings. The molecule has 0 saturated carbocycles. The molecule has 1 aromatic heterocycles. The molecule has 3 N–H and O–H groups in total. The van der Waals surface area contributed by atoms with Crippen LogP contribution in [0.5, 0.6) is 5.75 Å². The Morgan fingerprint density at radius 3 is 2.35 bits per heavy atom. The lowest BCUT2D eigenvalue weighted by Crippen LogP contribution is -2.15. The minimum absolute atomic E-state index is 0.0324. The Hall–Kier alpha value is -3.40. The number of benzene rings is 2. The van der Waals surface area contributed by atoms with E-state index in [2.05, 4.69) is 5.32 Å². The summed E-state index contributed by atoms with van der Waals surface area (Å²) in [5, 5.41) is 22.7. The van der Waals surface area contributed by atoms with Gasteiger partial charge < -0.3 is 15.5 Å². The maximum Gasteiger partial charge on any atom is 0.339 e. The maximum atomic E-state index is 14.4. The zero-order chi connectivity index (χ0) is 23.1. The van der Waals surface area contributed by atoms with Gasteiger partial charge in [-0.05, 0) is 30.7 Å². The van der Waals surface area contributed by atoms with Gasteiger partial charge >= 0.3 is 5.97 Å². The number of carboxylic acids is 1. The van der Waals surface area contributed by atoms with Gasteiger partial charge in [0.05, 0.1) is 5.56 Å². The van der Waals surface area contributed by atoms with Gasteiger partial charge in [-0.25, -0.2) is 22.4 Å². The number of nitrogens with one attached hydrogen (secondary N) is 1. The minimum atomic E-state index is -3.28. The van der Waals surface area contributed by atoms with Gasteiger partial charge in [0, 0.05) is 29.0 Å². The van der Waals surface area contributed by atoms with E-state index in [0.717, 1.165) is 29.5 Å². The molecule has 5 nitrogen and oxygen atoms in total. The van der Waals surface area contributed by atoms with E-state index >= 15 is 0 Å². The summed E-state index contributed by atoms with van der Waals surface area (Å²) in [7, 11) is 0. The van der Waals surface area contributed by atoms with Crippen LogP contribution < -0.4 is 5.32 Å². The molecule has 162 valence electrons. The highest BCUT2D eigenvalue weighted by molar-refractivity contribution is 7.15. The molecule has 0 unspecified atom stereocenters. The molecule has 0 aliphatic rings. The van der Waals surface area contributed by atoms with Gasteiger partial charge in [0.15, 0.2) is 11.6 Å². The molecule has 1 amide bonds. The first kappa shape index (κ1) is 22.3. The van der Waals surface area contributed by atoms with E-state index in [1.165, 1.54) is 24.4 Å². The third-order valence-corrected chi connectivity index (χ3v) is 5.44. The van der Waals surface area contributed by atoms with Crippen molar-refractivity contribution in [2.45, 2.75) is 19.8 Å². The van der Waals surface area contributed by atoms with Crippen molar-refractivity contribution in [3.63, 3.8) is 0 Å². The molecule has 3 rings (SSSR count). The lowest BCUT2D eigenvalue weighted by molar-refractivity contribution is 0.0174. The summed E-state index contributed by atoms with van der Waals surface area (Å²) >= 11 is 0.725. The maximum absolute atomic E-state index is 14.4. The van der Waals surface area contributed by atoms with E-state index in [0.29, 0.717) is 6.92 Å². The summed E-state index contributed by atoms with van der Waals surface area (Å²) in [5.74, 6) is -8.81. The summed E-state index contributed by atoms with van der Waals surface area (Å²) in [6, 6.07) is 5.15. The molecule has 0 saturated heterocycles. The second-order valence-electron chi connectivity index (χ2n) is 6.79. The monoisotopic (exact) mass is 453 g/mol. The van der Waals surface area contributed by atoms with Gasteiger partial charge in [0.2, 0.25) is 0 Å². The predicted octanol–water partition coefficient (Wildman–Crippen LogP) is 5.77. The summed E-state index contributed by atoms with van der Waals surface area (Å²) in [6.45, 7) is 1.96. The molecule has 3 aromatic rings. The Kier molecular flexibility index (Phi) is 5.77. The van der Waals surface area contributed by atoms with Crippen LogP contribution in [0.25, 0.3) is 11.1 Å². The van der Waals surface area contributed by atoms with Crippen molar-refractivity contribution in [2.75, 3.05) is 5.32 Å². The highest BCUT2D eigenvalue weighted by Crippen LogP contribution is 2.38. The Morgan fingerprint density at radius 1 is 1.06 bits per heavy atom. The van der Waals surface area contributed by atoms with Crippen molar-refractivity contribution in [2.24, 2.45) is 0 Å². The molecule has 0 aliphatic carbocycles. The third kappa shape index (κ3) is 4.24. The van der Waals surface area contributed by atoms with E-state index in [-0.39, 0.29) is 21.7 Å². The number of carbonyl (C=O) groups excluding carboxylic acids is 1. The first-order valence-corrected chi connectivity index (χ1v) is 9.62. The van der Waals surface area contributed by atoms with Crippen molar-refractivity contribution in [3.8, 4) is 16.9 Å². The highest BCUT2D eigenvalue weighted by atomic mass is 32.1. The van der Waals surface area contributed by atoms with Crippen LogP contribution in [-0.4, -0.2) is 22.1 Å². The quantitative estimate of drug-likeness (QED) is 0.428. The van der Waals surface area contributed by atoms with Gasteiger partial charge in [-0.3, -0.25) is 4.79 Å². The van der Waals surface area contributed by atoms with Crippen LogP contribution in [0.1, 0.15) is 38.8 Å². The van der Waals surface area contributed by atoms with E-state index in [1.54, 1.807) is 0 Å². The number of aromatic hydroxyl groups is 1. The lowest BCUT2D eigenvalue weighted by atomic mass is 10.0. The largest absolute Gasteiger partial charge is 0.507 e. The van der Waals surface area contributed by atoms with Crippen LogP contribution in [-0.2, 0) is 5.92 Å². The topological polar surface area (TPSA) is 86.6 Å². The first-order chi connectivity index (χ1) is 14.4. The van der Waals surface area contributed by atoms with Crippen LogP contribution in [0.15, 0.2) is 35.7 Å². The smallest absolute Gasteiger partial charge is 0.339 e. The second-order valence-corrected chi connectivity index (χ2v) is 7.67. The molecule has 0 aliphatic heterocycles. The zero-order valence-corrected chi connectivity index (χ0v) is 16.9. The van der Waals surface area contributed by atoms with Crippen LogP contribution in [0.2, 0.25) is 0 Å². The number of phenols is 1. The summed E-state index contributed by atoms with van der Waals surface area (Å²) < 4.78 is 55.5. The molecule has 0 atom stereocenters. The van der Waals surface area contributed by atoms with Gasteiger partial charge in [-0.15, -0.1) is 11.3 Å². The molecular weight excluding hydrogens is 438 g/mol. The van der Waals surface area contributed by atoms with Crippen molar-refractivity contribution < 1.29 is 37.4 Å². The number of alkyl halides is 2. The fraction of sp³-hybridized carbons (Fsp3) is 0.143. The molecule has 31 heavy (non-hydrogen) atoms. The normalized spacial score (nSPS) is 11.4. The fourth-order valence-corrected chi connectivity index (χ4v) is 3.82. The summed E-state index contributed by atoms with van der Waals surface area (Å²) in [4.78, 5) is 24.4.